The van der Waals surface area contributed by atoms with Crippen molar-refractivity contribution in [3.05, 3.63) is 0 Å². The molecule has 0 aromatic heterocycles. The van der Waals surface area contributed by atoms with E-state index in [0.29, 0.717) is 18.8 Å². The van der Waals surface area contributed by atoms with Gasteiger partial charge < -0.3 is 15.9 Å². The first kappa shape index (κ1) is 22.2. The molecular weight excluding hydrogens is 270 g/mol. The van der Waals surface area contributed by atoms with E-state index in [1.54, 1.807) is 0 Å². The lowest BCUT2D eigenvalue weighted by atomic mass is 10.1. The molecule has 0 spiro atoms. The predicted octanol–water partition coefficient (Wildman–Crippen LogP) is 3.66. The van der Waals surface area contributed by atoms with Crippen molar-refractivity contribution in [2.45, 2.75) is 84.6 Å². The maximum Gasteiger partial charge on any atom is 0.320 e. The Balaban J connectivity index is 0. The maximum atomic E-state index is 10.1. The number of hydrogen-bond donors (Lipinski definition) is 3. The van der Waals surface area contributed by atoms with E-state index in [2.05, 4.69) is 6.92 Å². The summed E-state index contributed by atoms with van der Waals surface area (Å²) in [6, 6.07) is -0.690. The van der Waals surface area contributed by atoms with Crippen LogP contribution in [-0.2, 0) is 9.59 Å². The Bertz CT molecular complexity index is 267. The second-order valence-electron chi connectivity index (χ2n) is 5.84. The van der Waals surface area contributed by atoms with Gasteiger partial charge in [0.25, 0.3) is 0 Å². The highest BCUT2D eigenvalue weighted by atomic mass is 16.4. The molecule has 0 aliphatic heterocycles. The Hall–Kier alpha value is -1.10. The average molecular weight is 303 g/mol. The molecule has 0 aromatic rings. The number of hydrogen-bond acceptors (Lipinski definition) is 3. The van der Waals surface area contributed by atoms with Crippen LogP contribution in [0.15, 0.2) is 0 Å². The smallest absolute Gasteiger partial charge is 0.320 e. The van der Waals surface area contributed by atoms with Crippen molar-refractivity contribution >= 4 is 11.9 Å². The average Bonchev–Trinajstić information content (AvgIpc) is 2.37. The molecule has 0 fully saturated rings. The lowest BCUT2D eigenvalue weighted by Crippen LogP contribution is -2.31. The van der Waals surface area contributed by atoms with E-state index in [4.69, 9.17) is 15.9 Å². The molecule has 0 aliphatic carbocycles. The molecular formula is C16H33NO4. The molecule has 4 N–H and O–H groups in total. The summed E-state index contributed by atoms with van der Waals surface area (Å²) in [5, 5.41) is 16.7. The van der Waals surface area contributed by atoms with Gasteiger partial charge in [0.15, 0.2) is 0 Å². The summed E-state index contributed by atoms with van der Waals surface area (Å²) in [5.74, 6) is -1.22. The second kappa shape index (κ2) is 15.3. The van der Waals surface area contributed by atoms with Gasteiger partial charge >= 0.3 is 11.9 Å². The number of carbonyl (C=O) groups is 2. The third-order valence-electron chi connectivity index (χ3n) is 3.04. The fourth-order valence-electron chi connectivity index (χ4n) is 1.84. The standard InChI is InChI=1S/C10H20O2.C6H13NO2/c1-2-3-4-5-6-7-8-9-10(11)12;1-4(2)3-5(7)6(8)9/h2-9H2,1H3,(H,11,12);4-5H,3,7H2,1-2H3,(H,8,9)/t;5-/m.0/s1. The first-order chi connectivity index (χ1) is 9.81. The Labute approximate surface area is 128 Å². The van der Waals surface area contributed by atoms with Gasteiger partial charge in [-0.3, -0.25) is 9.59 Å². The number of unbranched alkanes of at least 4 members (excludes halogenated alkanes) is 6. The van der Waals surface area contributed by atoms with Crippen molar-refractivity contribution < 1.29 is 19.8 Å². The van der Waals surface area contributed by atoms with Gasteiger partial charge in [0.2, 0.25) is 0 Å². The fraction of sp³-hybridized carbons (Fsp3) is 0.875. The quantitative estimate of drug-likeness (QED) is 0.506. The molecule has 0 aliphatic rings. The van der Waals surface area contributed by atoms with Crippen LogP contribution in [0.25, 0.3) is 0 Å². The predicted molar refractivity (Wildman–Crippen MR) is 85.3 cm³/mol. The number of carboxylic acids is 2. The van der Waals surface area contributed by atoms with Crippen LogP contribution in [0.2, 0.25) is 0 Å². The van der Waals surface area contributed by atoms with Crippen LogP contribution < -0.4 is 5.73 Å². The lowest BCUT2D eigenvalue weighted by Gasteiger charge is -2.07. The molecule has 0 aromatic carbocycles. The van der Waals surface area contributed by atoms with Crippen molar-refractivity contribution in [3.63, 3.8) is 0 Å². The van der Waals surface area contributed by atoms with Crippen molar-refractivity contribution in [2.75, 3.05) is 0 Å². The molecule has 0 rings (SSSR count). The number of aliphatic carboxylic acids is 2. The van der Waals surface area contributed by atoms with Gasteiger partial charge in [-0.1, -0.05) is 59.3 Å². The highest BCUT2D eigenvalue weighted by molar-refractivity contribution is 5.72. The van der Waals surface area contributed by atoms with Crippen LogP contribution in [0.3, 0.4) is 0 Å². The molecule has 0 bridgehead atoms. The summed E-state index contributed by atoms with van der Waals surface area (Å²) in [6.07, 6.45) is 9.19. The first-order valence-corrected chi connectivity index (χ1v) is 8.01. The van der Waals surface area contributed by atoms with Crippen LogP contribution >= 0.6 is 0 Å². The highest BCUT2D eigenvalue weighted by Crippen LogP contribution is 2.07. The zero-order valence-corrected chi connectivity index (χ0v) is 13.8. The van der Waals surface area contributed by atoms with E-state index in [1.165, 1.54) is 32.1 Å². The SMILES string of the molecule is CC(C)C[C@H](N)C(=O)O.CCCCCCCCCC(=O)O. The zero-order chi connectivity index (χ0) is 16.7. The molecule has 21 heavy (non-hydrogen) atoms. The first-order valence-electron chi connectivity index (χ1n) is 8.01. The molecule has 0 saturated carbocycles. The largest absolute Gasteiger partial charge is 0.481 e. The van der Waals surface area contributed by atoms with Crippen LogP contribution in [0.5, 0.6) is 0 Å². The molecule has 0 saturated heterocycles. The minimum absolute atomic E-state index is 0.341. The third-order valence-corrected chi connectivity index (χ3v) is 3.04. The van der Waals surface area contributed by atoms with Gasteiger partial charge in [-0.25, -0.2) is 0 Å². The van der Waals surface area contributed by atoms with E-state index in [0.717, 1.165) is 12.8 Å². The molecule has 5 nitrogen and oxygen atoms in total. The second-order valence-corrected chi connectivity index (χ2v) is 5.84. The molecule has 1 atom stereocenters. The molecule has 0 unspecified atom stereocenters. The molecule has 126 valence electrons. The summed E-state index contributed by atoms with van der Waals surface area (Å²) < 4.78 is 0. The van der Waals surface area contributed by atoms with Gasteiger partial charge in [0.1, 0.15) is 6.04 Å². The van der Waals surface area contributed by atoms with Crippen molar-refractivity contribution in [2.24, 2.45) is 11.7 Å². The van der Waals surface area contributed by atoms with E-state index >= 15 is 0 Å². The van der Waals surface area contributed by atoms with Gasteiger partial charge in [0.05, 0.1) is 0 Å². The number of carboxylic acid groups (broad SMARTS) is 2. The highest BCUT2D eigenvalue weighted by Gasteiger charge is 2.11. The van der Waals surface area contributed by atoms with Crippen LogP contribution in [-0.4, -0.2) is 28.2 Å². The Morgan fingerprint density at radius 1 is 0.952 bits per heavy atom. The molecule has 0 amide bonds. The Morgan fingerprint density at radius 3 is 1.76 bits per heavy atom. The van der Waals surface area contributed by atoms with Crippen molar-refractivity contribution in [3.8, 4) is 0 Å². The summed E-state index contributed by atoms with van der Waals surface area (Å²) in [7, 11) is 0. The van der Waals surface area contributed by atoms with Gasteiger partial charge in [-0.05, 0) is 18.8 Å². The zero-order valence-electron chi connectivity index (χ0n) is 13.8. The van der Waals surface area contributed by atoms with Gasteiger partial charge in [-0.15, -0.1) is 0 Å². The van der Waals surface area contributed by atoms with Crippen molar-refractivity contribution in [1.29, 1.82) is 0 Å². The van der Waals surface area contributed by atoms with Crippen LogP contribution in [0.4, 0.5) is 0 Å². The fourth-order valence-corrected chi connectivity index (χ4v) is 1.84. The van der Waals surface area contributed by atoms with Crippen molar-refractivity contribution in [1.82, 2.24) is 0 Å². The summed E-state index contributed by atoms with van der Waals surface area (Å²) >= 11 is 0. The minimum atomic E-state index is -0.913. The van der Waals surface area contributed by atoms with E-state index in [-0.39, 0.29) is 0 Å². The third kappa shape index (κ3) is 21.4. The Kier molecular flexibility index (Phi) is 16.2. The maximum absolute atomic E-state index is 10.1. The topological polar surface area (TPSA) is 101 Å². The molecule has 0 heterocycles. The van der Waals surface area contributed by atoms with E-state index in [1.807, 2.05) is 13.8 Å². The van der Waals surface area contributed by atoms with Crippen LogP contribution in [0.1, 0.15) is 78.6 Å². The summed E-state index contributed by atoms with van der Waals surface area (Å²) in [6.45, 7) is 6.09. The normalized spacial score (nSPS) is 11.7. The molecule has 0 radical (unpaired) electrons. The van der Waals surface area contributed by atoms with Gasteiger partial charge in [0, 0.05) is 6.42 Å². The van der Waals surface area contributed by atoms with E-state index in [9.17, 15) is 9.59 Å². The van der Waals surface area contributed by atoms with Crippen LogP contribution in [0, 0.1) is 5.92 Å². The van der Waals surface area contributed by atoms with Gasteiger partial charge in [-0.2, -0.15) is 0 Å². The summed E-state index contributed by atoms with van der Waals surface area (Å²) in [4.78, 5) is 20.2. The van der Waals surface area contributed by atoms with E-state index < -0.39 is 18.0 Å². The monoisotopic (exact) mass is 303 g/mol. The Morgan fingerprint density at radius 2 is 1.43 bits per heavy atom. The number of rotatable bonds is 11. The summed E-state index contributed by atoms with van der Waals surface area (Å²) in [5.41, 5.74) is 5.22. The lowest BCUT2D eigenvalue weighted by molar-refractivity contribution is -0.139. The number of nitrogens with two attached hydrogens (primary N) is 1. The molecule has 5 heteroatoms. The minimum Gasteiger partial charge on any atom is -0.481 e.